The zero-order valence-corrected chi connectivity index (χ0v) is 14.1. The third-order valence-corrected chi connectivity index (χ3v) is 4.56. The normalized spacial score (nSPS) is 11.6. The van der Waals surface area contributed by atoms with Gasteiger partial charge >= 0.3 is 0 Å². The van der Waals surface area contributed by atoms with Gasteiger partial charge in [-0.2, -0.15) is 5.10 Å². The monoisotopic (exact) mass is 373 g/mol. The Morgan fingerprint density at radius 3 is 2.81 bits per heavy atom. The van der Waals surface area contributed by atoms with E-state index in [9.17, 15) is 8.42 Å². The van der Waals surface area contributed by atoms with Crippen LogP contribution in [0.25, 0.3) is 0 Å². The second kappa shape index (κ2) is 6.02. The van der Waals surface area contributed by atoms with Crippen LogP contribution in [0, 0.1) is 6.92 Å². The van der Waals surface area contributed by atoms with Crippen molar-refractivity contribution in [1.29, 1.82) is 0 Å². The molecule has 3 N–H and O–H groups in total. The Morgan fingerprint density at radius 2 is 2.19 bits per heavy atom. The molecule has 0 radical (unpaired) electrons. The van der Waals surface area contributed by atoms with Gasteiger partial charge < -0.3 is 5.73 Å². The Morgan fingerprint density at radius 1 is 1.48 bits per heavy atom. The summed E-state index contributed by atoms with van der Waals surface area (Å²) >= 11 is 3.28. The van der Waals surface area contributed by atoms with Crippen LogP contribution in [0.3, 0.4) is 0 Å². The summed E-state index contributed by atoms with van der Waals surface area (Å²) in [4.78, 5) is 4.01. The molecule has 2 heterocycles. The highest BCUT2D eigenvalue weighted by molar-refractivity contribution is 9.10. The molecule has 0 saturated heterocycles. The van der Waals surface area contributed by atoms with Gasteiger partial charge in [0.2, 0.25) is 0 Å². The third-order valence-electron chi connectivity index (χ3n) is 2.77. The van der Waals surface area contributed by atoms with Gasteiger partial charge in [-0.1, -0.05) is 6.92 Å². The van der Waals surface area contributed by atoms with Gasteiger partial charge in [-0.05, 0) is 40.9 Å². The van der Waals surface area contributed by atoms with Crippen LogP contribution in [0.1, 0.15) is 18.9 Å². The van der Waals surface area contributed by atoms with Crippen molar-refractivity contribution in [3.05, 3.63) is 28.5 Å². The first-order valence-corrected chi connectivity index (χ1v) is 8.59. The van der Waals surface area contributed by atoms with E-state index in [2.05, 4.69) is 30.7 Å². The zero-order valence-electron chi connectivity index (χ0n) is 11.7. The SMILES string of the molecule is CCCn1cc(S(=O)(=O)Nc2ncc(Br)cc2C)c(N)n1. The van der Waals surface area contributed by atoms with Crippen molar-refractivity contribution >= 4 is 37.6 Å². The van der Waals surface area contributed by atoms with Crippen molar-refractivity contribution in [3.8, 4) is 0 Å². The summed E-state index contributed by atoms with van der Waals surface area (Å²) < 4.78 is 29.5. The van der Waals surface area contributed by atoms with E-state index >= 15 is 0 Å². The fourth-order valence-electron chi connectivity index (χ4n) is 1.80. The Balaban J connectivity index is 2.34. The van der Waals surface area contributed by atoms with Crippen LogP contribution in [0.5, 0.6) is 0 Å². The first-order chi connectivity index (χ1) is 9.83. The van der Waals surface area contributed by atoms with Crippen LogP contribution < -0.4 is 10.5 Å². The maximum Gasteiger partial charge on any atom is 0.268 e. The van der Waals surface area contributed by atoms with Crippen LogP contribution in [0.2, 0.25) is 0 Å². The van der Waals surface area contributed by atoms with E-state index in [1.54, 1.807) is 13.0 Å². The quantitative estimate of drug-likeness (QED) is 0.835. The van der Waals surface area contributed by atoms with Gasteiger partial charge in [0.1, 0.15) is 10.7 Å². The second-order valence-corrected chi connectivity index (χ2v) is 7.13. The summed E-state index contributed by atoms with van der Waals surface area (Å²) in [5.41, 5.74) is 6.40. The van der Waals surface area contributed by atoms with Gasteiger partial charge in [0.05, 0.1) is 0 Å². The highest BCUT2D eigenvalue weighted by atomic mass is 79.9. The molecule has 9 heteroatoms. The van der Waals surface area contributed by atoms with E-state index in [1.807, 2.05) is 6.92 Å². The van der Waals surface area contributed by atoms with Gasteiger partial charge in [0.25, 0.3) is 10.0 Å². The second-order valence-electron chi connectivity index (χ2n) is 4.57. The molecule has 0 atom stereocenters. The lowest BCUT2D eigenvalue weighted by molar-refractivity contribution is 0.595. The first-order valence-electron chi connectivity index (χ1n) is 6.31. The molecule has 0 aliphatic carbocycles. The summed E-state index contributed by atoms with van der Waals surface area (Å²) in [5.74, 6) is 0.242. The minimum Gasteiger partial charge on any atom is -0.381 e. The molecular formula is C12H16BrN5O2S. The van der Waals surface area contributed by atoms with E-state index in [0.717, 1.165) is 10.9 Å². The van der Waals surface area contributed by atoms with Crippen LogP contribution in [-0.4, -0.2) is 23.2 Å². The summed E-state index contributed by atoms with van der Waals surface area (Å²) in [5, 5.41) is 3.99. The molecule has 0 saturated carbocycles. The minimum absolute atomic E-state index is 0.0225. The number of anilines is 2. The Hall–Kier alpha value is -1.61. The van der Waals surface area contributed by atoms with E-state index in [0.29, 0.717) is 12.1 Å². The van der Waals surface area contributed by atoms with Gasteiger partial charge in [-0.3, -0.25) is 9.40 Å². The molecule has 21 heavy (non-hydrogen) atoms. The zero-order chi connectivity index (χ0) is 15.6. The number of nitrogens with zero attached hydrogens (tertiary/aromatic N) is 3. The standard InChI is InChI=1S/C12H16BrN5O2S/c1-3-4-18-7-10(11(14)16-18)21(19,20)17-12-8(2)5-9(13)6-15-12/h5-7H,3-4H2,1-2H3,(H2,14,16)(H,15,17). The van der Waals surface area contributed by atoms with Crippen molar-refractivity contribution in [2.24, 2.45) is 0 Å². The number of aryl methyl sites for hydroxylation is 2. The number of halogens is 1. The van der Waals surface area contributed by atoms with Crippen molar-refractivity contribution in [2.45, 2.75) is 31.7 Å². The number of hydrogen-bond donors (Lipinski definition) is 2. The highest BCUT2D eigenvalue weighted by Crippen LogP contribution is 2.23. The lowest BCUT2D eigenvalue weighted by Crippen LogP contribution is -2.15. The Labute approximate surface area is 131 Å². The lowest BCUT2D eigenvalue weighted by Gasteiger charge is -2.08. The Bertz CT molecular complexity index is 757. The number of rotatable bonds is 5. The molecule has 2 aromatic heterocycles. The average Bonchev–Trinajstić information content (AvgIpc) is 2.75. The number of hydrogen-bond acceptors (Lipinski definition) is 5. The molecule has 7 nitrogen and oxygen atoms in total. The summed E-state index contributed by atoms with van der Waals surface area (Å²) in [6, 6.07) is 1.77. The molecule has 2 rings (SSSR count). The van der Waals surface area contributed by atoms with Crippen molar-refractivity contribution in [3.63, 3.8) is 0 Å². The predicted octanol–water partition coefficient (Wildman–Crippen LogP) is 2.14. The molecule has 0 spiro atoms. The molecule has 0 amide bonds. The highest BCUT2D eigenvalue weighted by Gasteiger charge is 2.22. The molecule has 0 aliphatic rings. The van der Waals surface area contributed by atoms with Gasteiger partial charge in [0, 0.05) is 23.4 Å². The predicted molar refractivity (Wildman–Crippen MR) is 84.4 cm³/mol. The maximum atomic E-state index is 12.4. The molecule has 0 unspecified atom stereocenters. The third kappa shape index (κ3) is 3.53. The summed E-state index contributed by atoms with van der Waals surface area (Å²) in [6.45, 7) is 4.34. The molecule has 0 aliphatic heterocycles. The van der Waals surface area contributed by atoms with Crippen LogP contribution >= 0.6 is 15.9 Å². The van der Waals surface area contributed by atoms with E-state index in [1.165, 1.54) is 17.1 Å². The number of aromatic nitrogens is 3. The first kappa shape index (κ1) is 15.8. The average molecular weight is 374 g/mol. The molecule has 0 fully saturated rings. The molecule has 0 aromatic carbocycles. The molecular weight excluding hydrogens is 358 g/mol. The summed E-state index contributed by atoms with van der Waals surface area (Å²) in [7, 11) is -3.81. The number of nitrogens with two attached hydrogens (primary N) is 1. The molecule has 114 valence electrons. The maximum absolute atomic E-state index is 12.4. The fourth-order valence-corrected chi connectivity index (χ4v) is 3.40. The lowest BCUT2D eigenvalue weighted by atomic mass is 10.3. The summed E-state index contributed by atoms with van der Waals surface area (Å²) in [6.07, 6.45) is 3.78. The van der Waals surface area contributed by atoms with Gasteiger partial charge in [0.15, 0.2) is 5.82 Å². The fraction of sp³-hybridized carbons (Fsp3) is 0.333. The van der Waals surface area contributed by atoms with Crippen LogP contribution in [0.15, 0.2) is 27.8 Å². The van der Waals surface area contributed by atoms with Crippen molar-refractivity contribution in [1.82, 2.24) is 14.8 Å². The van der Waals surface area contributed by atoms with Crippen LogP contribution in [0.4, 0.5) is 11.6 Å². The smallest absolute Gasteiger partial charge is 0.268 e. The van der Waals surface area contributed by atoms with E-state index < -0.39 is 10.0 Å². The number of nitrogen functional groups attached to an aromatic ring is 1. The van der Waals surface area contributed by atoms with E-state index in [4.69, 9.17) is 5.73 Å². The topological polar surface area (TPSA) is 103 Å². The number of pyridine rings is 1. The van der Waals surface area contributed by atoms with Crippen molar-refractivity contribution in [2.75, 3.05) is 10.5 Å². The van der Waals surface area contributed by atoms with E-state index in [-0.39, 0.29) is 16.5 Å². The molecule has 2 aromatic rings. The minimum atomic E-state index is -3.81. The number of nitrogens with one attached hydrogen (secondary N) is 1. The van der Waals surface area contributed by atoms with Gasteiger partial charge in [-0.25, -0.2) is 13.4 Å². The largest absolute Gasteiger partial charge is 0.381 e. The Kier molecular flexibility index (Phi) is 4.52. The molecule has 0 bridgehead atoms. The van der Waals surface area contributed by atoms with Crippen molar-refractivity contribution < 1.29 is 8.42 Å². The van der Waals surface area contributed by atoms with Crippen LogP contribution in [-0.2, 0) is 16.6 Å². The van der Waals surface area contributed by atoms with Gasteiger partial charge in [-0.15, -0.1) is 0 Å². The number of sulfonamides is 1.